The Kier molecular flexibility index (Phi) is 3.80. The van der Waals surface area contributed by atoms with Gasteiger partial charge in [0, 0.05) is 17.6 Å². The van der Waals surface area contributed by atoms with Crippen molar-refractivity contribution in [3.63, 3.8) is 0 Å². The number of aromatic nitrogens is 1. The molecule has 1 aliphatic carbocycles. The second kappa shape index (κ2) is 5.35. The zero-order chi connectivity index (χ0) is 9.64. The van der Waals surface area contributed by atoms with Gasteiger partial charge in [-0.05, 0) is 12.8 Å². The van der Waals surface area contributed by atoms with Gasteiger partial charge >= 0.3 is 0 Å². The molecule has 78 valence electrons. The summed E-state index contributed by atoms with van der Waals surface area (Å²) in [5, 5.41) is 6.66. The Hall–Kier alpha value is -0.570. The molecule has 0 aromatic carbocycles. The molecular formula is C11H18N2S. The molecule has 0 radical (unpaired) electrons. The van der Waals surface area contributed by atoms with Gasteiger partial charge in [-0.25, -0.2) is 4.98 Å². The highest BCUT2D eigenvalue weighted by Crippen LogP contribution is 2.21. The van der Waals surface area contributed by atoms with E-state index >= 15 is 0 Å². The van der Waals surface area contributed by atoms with Gasteiger partial charge in [0.2, 0.25) is 0 Å². The van der Waals surface area contributed by atoms with Crippen molar-refractivity contribution in [2.24, 2.45) is 0 Å². The minimum absolute atomic E-state index is 0.668. The van der Waals surface area contributed by atoms with Crippen LogP contribution in [-0.4, -0.2) is 11.0 Å². The maximum Gasteiger partial charge on any atom is 0.182 e. The molecule has 1 saturated carbocycles. The molecule has 1 N–H and O–H groups in total. The maximum absolute atomic E-state index is 4.27. The van der Waals surface area contributed by atoms with Crippen LogP contribution in [0.15, 0.2) is 11.6 Å². The molecule has 2 nitrogen and oxygen atoms in total. The van der Waals surface area contributed by atoms with E-state index < -0.39 is 0 Å². The fourth-order valence-corrected chi connectivity index (χ4v) is 2.68. The van der Waals surface area contributed by atoms with Crippen LogP contribution in [0.3, 0.4) is 0 Å². The van der Waals surface area contributed by atoms with Crippen LogP contribution in [0, 0.1) is 0 Å². The average molecular weight is 210 g/mol. The first-order valence-corrected chi connectivity index (χ1v) is 6.49. The largest absolute Gasteiger partial charge is 0.359 e. The molecule has 0 amide bonds. The number of nitrogens with one attached hydrogen (secondary N) is 1. The van der Waals surface area contributed by atoms with Crippen molar-refractivity contribution in [3.05, 3.63) is 11.6 Å². The van der Waals surface area contributed by atoms with E-state index in [1.54, 1.807) is 11.3 Å². The SMILES string of the molecule is c1csc(NC2CCCCCCC2)n1. The van der Waals surface area contributed by atoms with Crippen molar-refractivity contribution >= 4 is 16.5 Å². The Morgan fingerprint density at radius 1 is 1.14 bits per heavy atom. The van der Waals surface area contributed by atoms with Crippen molar-refractivity contribution in [2.45, 2.75) is 51.0 Å². The summed E-state index contributed by atoms with van der Waals surface area (Å²) < 4.78 is 0. The van der Waals surface area contributed by atoms with Crippen molar-refractivity contribution in [3.8, 4) is 0 Å². The molecule has 0 atom stereocenters. The highest BCUT2D eigenvalue weighted by molar-refractivity contribution is 7.13. The summed E-state index contributed by atoms with van der Waals surface area (Å²) in [4.78, 5) is 4.27. The molecule has 0 unspecified atom stereocenters. The molecule has 1 heterocycles. The molecule has 14 heavy (non-hydrogen) atoms. The molecule has 2 rings (SSSR count). The molecule has 1 aliphatic rings. The topological polar surface area (TPSA) is 24.9 Å². The van der Waals surface area contributed by atoms with Crippen LogP contribution in [0.5, 0.6) is 0 Å². The Bertz CT molecular complexity index is 238. The molecule has 0 aliphatic heterocycles. The van der Waals surface area contributed by atoms with Crippen molar-refractivity contribution < 1.29 is 0 Å². The molecule has 0 bridgehead atoms. The third kappa shape index (κ3) is 2.98. The van der Waals surface area contributed by atoms with Gasteiger partial charge in [-0.2, -0.15) is 0 Å². The van der Waals surface area contributed by atoms with E-state index in [9.17, 15) is 0 Å². The number of hydrogen-bond donors (Lipinski definition) is 1. The van der Waals surface area contributed by atoms with Crippen molar-refractivity contribution in [2.75, 3.05) is 5.32 Å². The molecule has 0 spiro atoms. The Morgan fingerprint density at radius 3 is 2.50 bits per heavy atom. The second-order valence-corrected chi connectivity index (χ2v) is 4.92. The summed E-state index contributed by atoms with van der Waals surface area (Å²) in [5.41, 5.74) is 0. The minimum Gasteiger partial charge on any atom is -0.359 e. The summed E-state index contributed by atoms with van der Waals surface area (Å²) >= 11 is 1.71. The average Bonchev–Trinajstić information content (AvgIpc) is 2.62. The molecular weight excluding hydrogens is 192 g/mol. The van der Waals surface area contributed by atoms with Gasteiger partial charge in [0.15, 0.2) is 5.13 Å². The maximum atomic E-state index is 4.27. The van der Waals surface area contributed by atoms with Crippen molar-refractivity contribution in [1.29, 1.82) is 0 Å². The smallest absolute Gasteiger partial charge is 0.182 e. The zero-order valence-corrected chi connectivity index (χ0v) is 9.35. The van der Waals surface area contributed by atoms with E-state index in [2.05, 4.69) is 10.3 Å². The van der Waals surface area contributed by atoms with Gasteiger partial charge in [0.25, 0.3) is 0 Å². The third-order valence-corrected chi connectivity index (χ3v) is 3.57. The van der Waals surface area contributed by atoms with Gasteiger partial charge in [-0.15, -0.1) is 11.3 Å². The van der Waals surface area contributed by atoms with E-state index in [1.165, 1.54) is 44.9 Å². The standard InChI is InChI=1S/C11H18N2S/c1-2-4-6-10(7-5-3-1)13-11-12-8-9-14-11/h8-10H,1-7H2,(H,12,13). The zero-order valence-electron chi connectivity index (χ0n) is 8.54. The predicted octanol–water partition coefficient (Wildman–Crippen LogP) is 3.67. The fraction of sp³-hybridized carbons (Fsp3) is 0.727. The van der Waals surface area contributed by atoms with Crippen LogP contribution in [0.1, 0.15) is 44.9 Å². The lowest BCUT2D eigenvalue weighted by Crippen LogP contribution is -2.20. The molecule has 1 fully saturated rings. The molecule has 1 aromatic rings. The summed E-state index contributed by atoms with van der Waals surface area (Å²) in [7, 11) is 0. The van der Waals surface area contributed by atoms with E-state index in [0.717, 1.165) is 5.13 Å². The summed E-state index contributed by atoms with van der Waals surface area (Å²) in [5.74, 6) is 0. The van der Waals surface area contributed by atoms with Gasteiger partial charge in [0.1, 0.15) is 0 Å². The van der Waals surface area contributed by atoms with Crippen LogP contribution in [0.25, 0.3) is 0 Å². The number of nitrogens with zero attached hydrogens (tertiary/aromatic N) is 1. The number of thiazole rings is 1. The molecule has 3 heteroatoms. The first kappa shape index (κ1) is 9.97. The van der Waals surface area contributed by atoms with Crippen LogP contribution >= 0.6 is 11.3 Å². The third-order valence-electron chi connectivity index (χ3n) is 2.87. The quantitative estimate of drug-likeness (QED) is 0.805. The Labute approximate surface area is 89.8 Å². The lowest BCUT2D eigenvalue weighted by atomic mass is 9.97. The molecule has 0 saturated heterocycles. The van der Waals surface area contributed by atoms with E-state index in [0.29, 0.717) is 6.04 Å². The lowest BCUT2D eigenvalue weighted by Gasteiger charge is -2.20. The highest BCUT2D eigenvalue weighted by Gasteiger charge is 2.11. The van der Waals surface area contributed by atoms with Gasteiger partial charge in [-0.1, -0.05) is 32.1 Å². The lowest BCUT2D eigenvalue weighted by molar-refractivity contribution is 0.471. The van der Waals surface area contributed by atoms with E-state index in [4.69, 9.17) is 0 Å². The normalized spacial score (nSPS) is 20.0. The van der Waals surface area contributed by atoms with Crippen LogP contribution in [0.2, 0.25) is 0 Å². The highest BCUT2D eigenvalue weighted by atomic mass is 32.1. The van der Waals surface area contributed by atoms with Crippen LogP contribution in [0.4, 0.5) is 5.13 Å². The monoisotopic (exact) mass is 210 g/mol. The first-order valence-electron chi connectivity index (χ1n) is 5.61. The number of rotatable bonds is 2. The van der Waals surface area contributed by atoms with Crippen molar-refractivity contribution in [1.82, 2.24) is 4.98 Å². The summed E-state index contributed by atoms with van der Waals surface area (Å²) in [6, 6.07) is 0.668. The first-order chi connectivity index (χ1) is 6.95. The minimum atomic E-state index is 0.668. The van der Waals surface area contributed by atoms with Gasteiger partial charge in [-0.3, -0.25) is 0 Å². The summed E-state index contributed by atoms with van der Waals surface area (Å²) in [6.07, 6.45) is 11.5. The Balaban J connectivity index is 1.83. The predicted molar refractivity (Wildman–Crippen MR) is 61.8 cm³/mol. The van der Waals surface area contributed by atoms with E-state index in [1.807, 2.05) is 11.6 Å². The van der Waals surface area contributed by atoms with E-state index in [-0.39, 0.29) is 0 Å². The fourth-order valence-electron chi connectivity index (χ4n) is 2.07. The second-order valence-electron chi connectivity index (χ2n) is 4.02. The van der Waals surface area contributed by atoms with Crippen LogP contribution < -0.4 is 5.32 Å². The number of hydrogen-bond acceptors (Lipinski definition) is 3. The van der Waals surface area contributed by atoms with Gasteiger partial charge < -0.3 is 5.32 Å². The Morgan fingerprint density at radius 2 is 1.86 bits per heavy atom. The summed E-state index contributed by atoms with van der Waals surface area (Å²) in [6.45, 7) is 0. The number of anilines is 1. The van der Waals surface area contributed by atoms with Crippen LogP contribution in [-0.2, 0) is 0 Å². The van der Waals surface area contributed by atoms with Gasteiger partial charge in [0.05, 0.1) is 0 Å². The molecule has 1 aromatic heterocycles.